The first-order chi connectivity index (χ1) is 26.5. The Hall–Kier alpha value is -5.22. The first-order valence-electron chi connectivity index (χ1n) is 19.3. The number of nitrogens with zero attached hydrogens (tertiary/aromatic N) is 3. The first-order valence-corrected chi connectivity index (χ1v) is 19.3. The van der Waals surface area contributed by atoms with Gasteiger partial charge in [-0.25, -0.2) is 4.98 Å². The molecular weight excluding hydrogens is 863 g/mol. The molecule has 0 saturated heterocycles. The van der Waals surface area contributed by atoms with E-state index in [1.165, 1.54) is 38.9 Å². The van der Waals surface area contributed by atoms with Crippen LogP contribution < -0.4 is 0 Å². The molecule has 0 unspecified atom stereocenters. The Morgan fingerprint density at radius 2 is 1.38 bits per heavy atom. The predicted octanol–water partition coefficient (Wildman–Crippen LogP) is 13.9. The molecule has 5 heteroatoms. The Bertz CT molecular complexity index is 2480. The van der Waals surface area contributed by atoms with Crippen molar-refractivity contribution in [3.8, 4) is 44.9 Å². The Morgan fingerprint density at radius 1 is 0.661 bits per heavy atom. The van der Waals surface area contributed by atoms with Gasteiger partial charge in [0.2, 0.25) is 5.71 Å². The fraction of sp³-hybridized carbons (Fsp3) is 0.235. The molecule has 4 aromatic heterocycles. The van der Waals surface area contributed by atoms with Gasteiger partial charge in [-0.2, -0.15) is 0 Å². The maximum absolute atomic E-state index is 6.56. The van der Waals surface area contributed by atoms with E-state index in [0.717, 1.165) is 51.0 Å². The summed E-state index contributed by atoms with van der Waals surface area (Å²) in [6.07, 6.45) is 4.79. The maximum atomic E-state index is 6.56. The molecule has 0 aliphatic heterocycles. The SMILES string of the molecule is Cc1cc(-c2[c-]ccc3c2oc2nc(-c4c(C(C)C)cc(-c5ccccc5)cc4C(C)C)ccc23)ncc1CC(C)(C)C.[Ir].[c-]1ccccc1-c1ccccn1. The van der Waals surface area contributed by atoms with Crippen LogP contribution in [0.5, 0.6) is 0 Å². The largest absolute Gasteiger partial charge is 0.486 e. The van der Waals surface area contributed by atoms with E-state index in [-0.39, 0.29) is 25.5 Å². The summed E-state index contributed by atoms with van der Waals surface area (Å²) >= 11 is 0. The van der Waals surface area contributed by atoms with Crippen LogP contribution in [-0.4, -0.2) is 15.0 Å². The van der Waals surface area contributed by atoms with Crippen molar-refractivity contribution in [3.05, 3.63) is 162 Å². The molecule has 0 N–H and O–H groups in total. The number of pyridine rings is 3. The summed E-state index contributed by atoms with van der Waals surface area (Å²) in [5, 5.41) is 2.04. The third-order valence-corrected chi connectivity index (χ3v) is 9.95. The van der Waals surface area contributed by atoms with Crippen LogP contribution in [0.3, 0.4) is 0 Å². The Morgan fingerprint density at radius 3 is 2.00 bits per heavy atom. The fourth-order valence-corrected chi connectivity index (χ4v) is 7.20. The van der Waals surface area contributed by atoms with Gasteiger partial charge in [0.1, 0.15) is 0 Å². The van der Waals surface area contributed by atoms with Crippen molar-refractivity contribution < 1.29 is 24.5 Å². The van der Waals surface area contributed by atoms with Gasteiger partial charge < -0.3 is 14.4 Å². The van der Waals surface area contributed by atoms with E-state index in [9.17, 15) is 0 Å². The van der Waals surface area contributed by atoms with Gasteiger partial charge in [0.15, 0.2) is 0 Å². The number of hydrogen-bond donors (Lipinski definition) is 0. The minimum atomic E-state index is 0. The van der Waals surface area contributed by atoms with Crippen LogP contribution in [0.4, 0.5) is 0 Å². The second-order valence-electron chi connectivity index (χ2n) is 16.2. The molecule has 0 amide bonds. The summed E-state index contributed by atoms with van der Waals surface area (Å²) in [4.78, 5) is 14.3. The molecule has 8 rings (SSSR count). The number of furan rings is 1. The number of rotatable bonds is 7. The van der Waals surface area contributed by atoms with Crippen molar-refractivity contribution in [2.45, 2.75) is 73.6 Å². The molecule has 56 heavy (non-hydrogen) atoms. The van der Waals surface area contributed by atoms with E-state index in [4.69, 9.17) is 14.4 Å². The third kappa shape index (κ3) is 8.91. The number of fused-ring (bicyclic) bond motifs is 3. The van der Waals surface area contributed by atoms with Crippen LogP contribution >= 0.6 is 0 Å². The van der Waals surface area contributed by atoms with Crippen LogP contribution in [0.2, 0.25) is 0 Å². The minimum absolute atomic E-state index is 0. The summed E-state index contributed by atoms with van der Waals surface area (Å²) in [7, 11) is 0. The molecule has 4 aromatic carbocycles. The summed E-state index contributed by atoms with van der Waals surface area (Å²) in [6.45, 7) is 18.0. The topological polar surface area (TPSA) is 51.8 Å². The normalized spacial score (nSPS) is 11.5. The monoisotopic (exact) mass is 912 g/mol. The number of aromatic nitrogens is 3. The van der Waals surface area contributed by atoms with Gasteiger partial charge in [-0.1, -0.05) is 126 Å². The molecule has 0 bridgehead atoms. The summed E-state index contributed by atoms with van der Waals surface area (Å²) < 4.78 is 6.56. The van der Waals surface area contributed by atoms with Gasteiger partial charge >= 0.3 is 0 Å². The quantitative estimate of drug-likeness (QED) is 0.150. The average molecular weight is 912 g/mol. The van der Waals surface area contributed by atoms with E-state index in [0.29, 0.717) is 17.5 Å². The molecule has 285 valence electrons. The molecule has 4 heterocycles. The van der Waals surface area contributed by atoms with Crippen molar-refractivity contribution in [3.63, 3.8) is 0 Å². The minimum Gasteiger partial charge on any atom is -0.486 e. The van der Waals surface area contributed by atoms with Crippen LogP contribution in [0.1, 0.15) is 82.6 Å². The van der Waals surface area contributed by atoms with E-state index in [1.54, 1.807) is 6.20 Å². The van der Waals surface area contributed by atoms with Gasteiger partial charge in [0.05, 0.1) is 11.3 Å². The predicted molar refractivity (Wildman–Crippen MR) is 229 cm³/mol. The smallest absolute Gasteiger partial charge is 0.216 e. The molecule has 8 aromatic rings. The van der Waals surface area contributed by atoms with Gasteiger partial charge in [-0.3, -0.25) is 0 Å². The first kappa shape index (κ1) is 40.4. The summed E-state index contributed by atoms with van der Waals surface area (Å²) in [6, 6.07) is 46.1. The zero-order valence-electron chi connectivity index (χ0n) is 33.6. The Balaban J connectivity index is 0.000000348. The van der Waals surface area contributed by atoms with Gasteiger partial charge in [0, 0.05) is 43.4 Å². The van der Waals surface area contributed by atoms with Crippen LogP contribution in [-0.2, 0) is 26.5 Å². The van der Waals surface area contributed by atoms with Crippen LogP contribution in [0.15, 0.2) is 132 Å². The van der Waals surface area contributed by atoms with Crippen LogP contribution in [0.25, 0.3) is 67.0 Å². The maximum Gasteiger partial charge on any atom is 0.216 e. The molecular formula is C51H49IrN3O-2. The molecule has 0 aliphatic carbocycles. The average Bonchev–Trinajstić information content (AvgIpc) is 3.57. The molecule has 1 radical (unpaired) electrons. The molecule has 0 spiro atoms. The zero-order chi connectivity index (χ0) is 38.7. The van der Waals surface area contributed by atoms with E-state index < -0.39 is 0 Å². The van der Waals surface area contributed by atoms with Crippen molar-refractivity contribution in [1.82, 2.24) is 15.0 Å². The van der Waals surface area contributed by atoms with Crippen LogP contribution in [0, 0.1) is 24.5 Å². The van der Waals surface area contributed by atoms with E-state index in [1.807, 2.05) is 54.7 Å². The number of aryl methyl sites for hydroxylation is 1. The van der Waals surface area contributed by atoms with E-state index >= 15 is 0 Å². The molecule has 4 nitrogen and oxygen atoms in total. The second-order valence-corrected chi connectivity index (χ2v) is 16.2. The van der Waals surface area contributed by atoms with Crippen molar-refractivity contribution in [2.24, 2.45) is 5.41 Å². The second kappa shape index (κ2) is 17.3. The molecule has 0 saturated carbocycles. The number of benzene rings is 4. The zero-order valence-corrected chi connectivity index (χ0v) is 36.0. The standard InChI is InChI=1S/C40H41N2O.C11H8N.Ir/c1-24(2)33-20-28(27-13-10-9-11-14-27)21-34(25(3)4)37(33)35-18-17-31-30-15-12-16-32(38(30)43-39(31)42-35)36-19-26(5)29(23-41-36)22-40(6,7)8;1-2-6-10(7-3-1)11-8-4-5-9-12-11;/h9-15,17-21,23-25H,22H2,1-8H3;1-6,8-9H;/q2*-1;. The number of hydrogen-bond acceptors (Lipinski definition) is 4. The molecule has 0 aliphatic rings. The van der Waals surface area contributed by atoms with Crippen molar-refractivity contribution >= 4 is 22.1 Å². The molecule has 0 fully saturated rings. The van der Waals surface area contributed by atoms with Crippen molar-refractivity contribution in [1.29, 1.82) is 0 Å². The summed E-state index contributed by atoms with van der Waals surface area (Å²) in [5.74, 6) is 0.669. The van der Waals surface area contributed by atoms with Gasteiger partial charge in [-0.05, 0) is 88.0 Å². The third-order valence-electron chi connectivity index (χ3n) is 9.95. The fourth-order valence-electron chi connectivity index (χ4n) is 7.20. The Labute approximate surface area is 345 Å². The van der Waals surface area contributed by atoms with Gasteiger partial charge in [0.25, 0.3) is 0 Å². The molecule has 0 atom stereocenters. The van der Waals surface area contributed by atoms with Crippen molar-refractivity contribution in [2.75, 3.05) is 0 Å². The Kier molecular flexibility index (Phi) is 12.5. The van der Waals surface area contributed by atoms with Gasteiger partial charge in [-0.15, -0.1) is 54.1 Å². The van der Waals surface area contributed by atoms with E-state index in [2.05, 4.69) is 139 Å². The summed E-state index contributed by atoms with van der Waals surface area (Å²) in [5.41, 5.74) is 15.2.